The van der Waals surface area contributed by atoms with Gasteiger partial charge < -0.3 is 14.8 Å². The number of benzene rings is 2. The van der Waals surface area contributed by atoms with Gasteiger partial charge in [0.25, 0.3) is 11.6 Å². The lowest BCUT2D eigenvalue weighted by molar-refractivity contribution is -0.384. The molecule has 0 aromatic heterocycles. The van der Waals surface area contributed by atoms with E-state index in [0.29, 0.717) is 5.69 Å². The van der Waals surface area contributed by atoms with Crippen LogP contribution in [0, 0.1) is 10.1 Å². The summed E-state index contributed by atoms with van der Waals surface area (Å²) in [6.07, 6.45) is 0. The van der Waals surface area contributed by atoms with Gasteiger partial charge in [-0.2, -0.15) is 8.78 Å². The van der Waals surface area contributed by atoms with E-state index in [1.165, 1.54) is 36.4 Å². The number of hydrogen-bond acceptors (Lipinski definition) is 6. The van der Waals surface area contributed by atoms with E-state index in [9.17, 15) is 28.5 Å². The molecular formula is C16H12F2N2O6. The quantitative estimate of drug-likeness (QED) is 0.458. The average Bonchev–Trinajstić information content (AvgIpc) is 2.61. The number of amides is 1. The first-order chi connectivity index (χ1) is 12.3. The van der Waals surface area contributed by atoms with E-state index >= 15 is 0 Å². The molecule has 10 heteroatoms. The third-order valence-electron chi connectivity index (χ3n) is 3.01. The first kappa shape index (κ1) is 18.8. The summed E-state index contributed by atoms with van der Waals surface area (Å²) in [6.45, 7) is -3.54. The summed E-state index contributed by atoms with van der Waals surface area (Å²) in [7, 11) is 0. The summed E-state index contributed by atoms with van der Waals surface area (Å²) < 4.78 is 33.0. The number of ether oxygens (including phenoxy) is 2. The SMILES string of the molecule is O=C(COC(=O)c1ccc([N+](=O)[O-])cc1)Nc1ccc(OC(F)F)cc1. The zero-order chi connectivity index (χ0) is 19.1. The van der Waals surface area contributed by atoms with E-state index in [1.54, 1.807) is 0 Å². The highest BCUT2D eigenvalue weighted by Crippen LogP contribution is 2.17. The predicted octanol–water partition coefficient (Wildman–Crippen LogP) is 2.99. The molecule has 2 rings (SSSR count). The number of nitrogens with one attached hydrogen (secondary N) is 1. The van der Waals surface area contributed by atoms with Crippen molar-refractivity contribution in [3.63, 3.8) is 0 Å². The van der Waals surface area contributed by atoms with Gasteiger partial charge in [-0.15, -0.1) is 0 Å². The van der Waals surface area contributed by atoms with Crippen LogP contribution in [0.3, 0.4) is 0 Å². The van der Waals surface area contributed by atoms with E-state index in [4.69, 9.17) is 4.74 Å². The normalized spacial score (nSPS) is 10.3. The van der Waals surface area contributed by atoms with Crippen molar-refractivity contribution in [2.75, 3.05) is 11.9 Å². The molecule has 0 radical (unpaired) electrons. The maximum Gasteiger partial charge on any atom is 0.387 e. The van der Waals surface area contributed by atoms with Crippen LogP contribution >= 0.6 is 0 Å². The van der Waals surface area contributed by atoms with Crippen molar-refractivity contribution in [3.05, 3.63) is 64.2 Å². The number of rotatable bonds is 7. The molecule has 0 spiro atoms. The Hall–Kier alpha value is -3.56. The fourth-order valence-electron chi connectivity index (χ4n) is 1.85. The second kappa shape index (κ2) is 8.51. The molecule has 8 nitrogen and oxygen atoms in total. The van der Waals surface area contributed by atoms with Crippen molar-refractivity contribution < 1.29 is 32.8 Å². The molecule has 26 heavy (non-hydrogen) atoms. The second-order valence-corrected chi connectivity index (χ2v) is 4.83. The van der Waals surface area contributed by atoms with Crippen LogP contribution in [0.25, 0.3) is 0 Å². The summed E-state index contributed by atoms with van der Waals surface area (Å²) >= 11 is 0. The minimum absolute atomic E-state index is 0.0527. The summed E-state index contributed by atoms with van der Waals surface area (Å²) in [6, 6.07) is 9.86. The molecule has 0 saturated heterocycles. The van der Waals surface area contributed by atoms with Crippen LogP contribution in [0.4, 0.5) is 20.2 Å². The van der Waals surface area contributed by atoms with E-state index < -0.39 is 30.0 Å². The molecule has 1 amide bonds. The van der Waals surface area contributed by atoms with Gasteiger partial charge >= 0.3 is 12.6 Å². The van der Waals surface area contributed by atoms with Crippen molar-refractivity contribution >= 4 is 23.3 Å². The summed E-state index contributed by atoms with van der Waals surface area (Å²) in [4.78, 5) is 33.4. The molecule has 0 aliphatic carbocycles. The van der Waals surface area contributed by atoms with Gasteiger partial charge in [0.1, 0.15) is 5.75 Å². The van der Waals surface area contributed by atoms with E-state index in [2.05, 4.69) is 10.1 Å². The van der Waals surface area contributed by atoms with Crippen molar-refractivity contribution in [1.29, 1.82) is 0 Å². The van der Waals surface area contributed by atoms with E-state index in [-0.39, 0.29) is 17.0 Å². The smallest absolute Gasteiger partial charge is 0.387 e. The fourth-order valence-corrected chi connectivity index (χ4v) is 1.85. The van der Waals surface area contributed by atoms with Gasteiger partial charge in [-0.3, -0.25) is 14.9 Å². The summed E-state index contributed by atoms with van der Waals surface area (Å²) in [5, 5.41) is 12.9. The zero-order valence-electron chi connectivity index (χ0n) is 13.1. The lowest BCUT2D eigenvalue weighted by Crippen LogP contribution is -2.20. The van der Waals surface area contributed by atoms with Gasteiger partial charge in [-0.05, 0) is 36.4 Å². The molecule has 2 aromatic carbocycles. The van der Waals surface area contributed by atoms with Gasteiger partial charge in [0.2, 0.25) is 0 Å². The van der Waals surface area contributed by atoms with Crippen molar-refractivity contribution in [2.24, 2.45) is 0 Å². The van der Waals surface area contributed by atoms with Crippen molar-refractivity contribution in [1.82, 2.24) is 0 Å². The lowest BCUT2D eigenvalue weighted by Gasteiger charge is -2.08. The van der Waals surface area contributed by atoms with Crippen LogP contribution in [-0.4, -0.2) is 30.0 Å². The lowest BCUT2D eigenvalue weighted by atomic mass is 10.2. The van der Waals surface area contributed by atoms with Gasteiger partial charge in [-0.1, -0.05) is 0 Å². The Labute approximate surface area is 145 Å². The molecule has 0 unspecified atom stereocenters. The average molecular weight is 366 g/mol. The molecule has 0 bridgehead atoms. The van der Waals surface area contributed by atoms with Crippen molar-refractivity contribution in [3.8, 4) is 5.75 Å². The molecule has 0 fully saturated rings. The molecule has 136 valence electrons. The maximum atomic E-state index is 12.0. The summed E-state index contributed by atoms with van der Waals surface area (Å²) in [5.74, 6) is -1.54. The van der Waals surface area contributed by atoms with E-state index in [1.807, 2.05) is 0 Å². The number of esters is 1. The Morgan fingerprint density at radius 2 is 1.69 bits per heavy atom. The number of non-ortho nitro benzene ring substituents is 1. The second-order valence-electron chi connectivity index (χ2n) is 4.83. The van der Waals surface area contributed by atoms with Crippen LogP contribution < -0.4 is 10.1 Å². The minimum atomic E-state index is -2.95. The molecule has 0 aliphatic heterocycles. The van der Waals surface area contributed by atoms with Gasteiger partial charge in [-0.25, -0.2) is 4.79 Å². The minimum Gasteiger partial charge on any atom is -0.452 e. The highest BCUT2D eigenvalue weighted by Gasteiger charge is 2.13. The van der Waals surface area contributed by atoms with Crippen LogP contribution in [0.15, 0.2) is 48.5 Å². The Balaban J connectivity index is 1.84. The Bertz CT molecular complexity index is 793. The molecule has 0 heterocycles. The molecule has 0 aliphatic rings. The molecule has 0 atom stereocenters. The Morgan fingerprint density at radius 3 is 2.23 bits per heavy atom. The van der Waals surface area contributed by atoms with Crippen LogP contribution in [0.1, 0.15) is 10.4 Å². The summed E-state index contributed by atoms with van der Waals surface area (Å²) in [5.41, 5.74) is 0.165. The number of nitro groups is 1. The highest BCUT2D eigenvalue weighted by atomic mass is 19.3. The number of hydrogen-bond donors (Lipinski definition) is 1. The monoisotopic (exact) mass is 366 g/mol. The number of halogens is 2. The highest BCUT2D eigenvalue weighted by molar-refractivity contribution is 5.95. The number of anilines is 1. The standard InChI is InChI=1S/C16H12F2N2O6/c17-16(18)26-13-7-3-11(4-8-13)19-14(21)9-25-15(22)10-1-5-12(6-2-10)20(23)24/h1-8,16H,9H2,(H,19,21). The predicted molar refractivity (Wildman–Crippen MR) is 85.1 cm³/mol. The van der Waals surface area contributed by atoms with E-state index in [0.717, 1.165) is 12.1 Å². The van der Waals surface area contributed by atoms with Gasteiger partial charge in [0.15, 0.2) is 6.61 Å². The largest absolute Gasteiger partial charge is 0.452 e. The third-order valence-corrected chi connectivity index (χ3v) is 3.01. The molecular weight excluding hydrogens is 354 g/mol. The first-order valence-electron chi connectivity index (χ1n) is 7.11. The topological polar surface area (TPSA) is 108 Å². The third kappa shape index (κ3) is 5.51. The Morgan fingerprint density at radius 1 is 1.08 bits per heavy atom. The molecule has 2 aromatic rings. The molecule has 1 N–H and O–H groups in total. The first-order valence-corrected chi connectivity index (χ1v) is 7.11. The maximum absolute atomic E-state index is 12.0. The number of alkyl halides is 2. The van der Waals surface area contributed by atoms with Crippen molar-refractivity contribution in [2.45, 2.75) is 6.61 Å². The number of carbonyl (C=O) groups excluding carboxylic acids is 2. The Kier molecular flexibility index (Phi) is 6.15. The zero-order valence-corrected chi connectivity index (χ0v) is 13.1. The number of nitrogens with zero attached hydrogens (tertiary/aromatic N) is 1. The van der Waals surface area contributed by atoms with Crippen LogP contribution in [0.5, 0.6) is 5.75 Å². The fraction of sp³-hybridized carbons (Fsp3) is 0.125. The van der Waals surface area contributed by atoms with Gasteiger partial charge in [0.05, 0.1) is 10.5 Å². The van der Waals surface area contributed by atoms with Crippen LogP contribution in [-0.2, 0) is 9.53 Å². The van der Waals surface area contributed by atoms with Gasteiger partial charge in [0, 0.05) is 17.8 Å². The number of carbonyl (C=O) groups is 2. The van der Waals surface area contributed by atoms with Crippen LogP contribution in [0.2, 0.25) is 0 Å². The number of nitro benzene ring substituents is 1. The molecule has 0 saturated carbocycles.